The zero-order valence-corrected chi connectivity index (χ0v) is 16.7. The zero-order valence-electron chi connectivity index (χ0n) is 16.7. The third-order valence-corrected chi connectivity index (χ3v) is 6.96. The van der Waals surface area contributed by atoms with Crippen LogP contribution >= 0.6 is 0 Å². The molecule has 1 aromatic carbocycles. The minimum absolute atomic E-state index is 0.102. The number of hydrogen-bond donors (Lipinski definition) is 0. The predicted molar refractivity (Wildman–Crippen MR) is 105 cm³/mol. The molecule has 27 heavy (non-hydrogen) atoms. The lowest BCUT2D eigenvalue weighted by Crippen LogP contribution is -2.54. The second-order valence-electron chi connectivity index (χ2n) is 8.56. The van der Waals surface area contributed by atoms with Gasteiger partial charge in [-0.2, -0.15) is 5.06 Å². The van der Waals surface area contributed by atoms with Crippen molar-refractivity contribution in [3.63, 3.8) is 0 Å². The van der Waals surface area contributed by atoms with Crippen LogP contribution in [-0.2, 0) is 20.8 Å². The smallest absolute Gasteiger partial charge is 0.326 e. The molecule has 0 amide bonds. The number of fused-ring (bicyclic) bond motifs is 2. The van der Waals surface area contributed by atoms with Crippen LogP contribution in [0.4, 0.5) is 0 Å². The number of ether oxygens (including phenoxy) is 1. The van der Waals surface area contributed by atoms with E-state index in [1.54, 1.807) is 0 Å². The molecule has 1 aromatic rings. The Morgan fingerprint density at radius 1 is 1.19 bits per heavy atom. The van der Waals surface area contributed by atoms with Crippen LogP contribution in [0.2, 0.25) is 0 Å². The van der Waals surface area contributed by atoms with Crippen LogP contribution < -0.4 is 0 Å². The Morgan fingerprint density at radius 3 is 2.63 bits per heavy atom. The number of carbonyl (C=O) groups excluding carboxylic acids is 1. The minimum Gasteiger partial charge on any atom is -0.465 e. The largest absolute Gasteiger partial charge is 0.465 e. The number of carbonyl (C=O) groups is 1. The van der Waals surface area contributed by atoms with E-state index in [1.807, 2.05) is 6.92 Å². The van der Waals surface area contributed by atoms with Crippen LogP contribution in [0, 0.1) is 17.8 Å². The first-order valence-corrected chi connectivity index (χ1v) is 10.9. The van der Waals surface area contributed by atoms with E-state index in [0.717, 1.165) is 12.8 Å². The lowest BCUT2D eigenvalue weighted by Gasteiger charge is -2.41. The Bertz CT molecular complexity index is 628. The van der Waals surface area contributed by atoms with Gasteiger partial charge in [-0.05, 0) is 44.1 Å². The number of benzene rings is 1. The Kier molecular flexibility index (Phi) is 5.84. The highest BCUT2D eigenvalue weighted by molar-refractivity contribution is 5.76. The van der Waals surface area contributed by atoms with Crippen LogP contribution in [-0.4, -0.2) is 35.8 Å². The summed E-state index contributed by atoms with van der Waals surface area (Å²) in [5.41, 5.74) is 1.40. The average Bonchev–Trinajstić information content (AvgIpc) is 3.23. The Hall–Kier alpha value is -1.39. The molecule has 3 fully saturated rings. The van der Waals surface area contributed by atoms with Crippen LogP contribution in [0.1, 0.15) is 57.9 Å². The molecule has 6 atom stereocenters. The molecular formula is C23H33NO3. The molecule has 1 aliphatic carbocycles. The topological polar surface area (TPSA) is 38.8 Å². The standard InChI is InChI=1S/C23H33NO3/c1-3-26-23(25)20-16(2)22-19(15-14-17-10-6-4-7-11-17)21(24(20)27-22)18-12-8-5-9-13-18/h4,6-7,10-11,16,18-22H,3,5,8-9,12-15H2,1-2H3/t16-,19-,20+,21-,22-/m0/s1. The first-order chi connectivity index (χ1) is 13.2. The third-order valence-electron chi connectivity index (χ3n) is 6.96. The van der Waals surface area contributed by atoms with Crippen LogP contribution in [0.15, 0.2) is 30.3 Å². The van der Waals surface area contributed by atoms with E-state index in [2.05, 4.69) is 42.3 Å². The van der Waals surface area contributed by atoms with Gasteiger partial charge >= 0.3 is 5.97 Å². The van der Waals surface area contributed by atoms with E-state index in [-0.39, 0.29) is 24.0 Å². The van der Waals surface area contributed by atoms with Gasteiger partial charge in [0.05, 0.1) is 12.7 Å². The molecule has 148 valence electrons. The molecule has 1 unspecified atom stereocenters. The maximum absolute atomic E-state index is 12.6. The summed E-state index contributed by atoms with van der Waals surface area (Å²) < 4.78 is 5.39. The second-order valence-corrected chi connectivity index (χ2v) is 8.56. The molecule has 2 heterocycles. The zero-order chi connectivity index (χ0) is 18.8. The Balaban J connectivity index is 1.53. The molecule has 2 saturated heterocycles. The number of nitrogens with zero attached hydrogens (tertiary/aromatic N) is 1. The Morgan fingerprint density at radius 2 is 1.93 bits per heavy atom. The lowest BCUT2D eigenvalue weighted by atomic mass is 9.70. The number of aryl methyl sites for hydroxylation is 1. The summed E-state index contributed by atoms with van der Waals surface area (Å²) in [6.45, 7) is 4.48. The van der Waals surface area contributed by atoms with E-state index in [0.29, 0.717) is 24.5 Å². The van der Waals surface area contributed by atoms with Crippen LogP contribution in [0.5, 0.6) is 0 Å². The fourth-order valence-corrected chi connectivity index (χ4v) is 5.71. The quantitative estimate of drug-likeness (QED) is 0.696. The average molecular weight is 372 g/mol. The van der Waals surface area contributed by atoms with Gasteiger partial charge in [-0.15, -0.1) is 0 Å². The highest BCUT2D eigenvalue weighted by Crippen LogP contribution is 2.50. The predicted octanol–water partition coefficient (Wildman–Crippen LogP) is 4.38. The van der Waals surface area contributed by atoms with Crippen LogP contribution in [0.3, 0.4) is 0 Å². The van der Waals surface area contributed by atoms with Crippen molar-refractivity contribution in [3.05, 3.63) is 35.9 Å². The first kappa shape index (κ1) is 18.9. The van der Waals surface area contributed by atoms with E-state index in [1.165, 1.54) is 37.7 Å². The molecule has 3 aliphatic rings. The molecule has 0 N–H and O–H groups in total. The lowest BCUT2D eigenvalue weighted by molar-refractivity contribution is -0.176. The van der Waals surface area contributed by atoms with E-state index >= 15 is 0 Å². The summed E-state index contributed by atoms with van der Waals surface area (Å²) in [4.78, 5) is 19.0. The summed E-state index contributed by atoms with van der Waals surface area (Å²) in [5, 5.41) is 2.08. The molecule has 4 nitrogen and oxygen atoms in total. The van der Waals surface area contributed by atoms with Crippen molar-refractivity contribution >= 4 is 5.97 Å². The highest BCUT2D eigenvalue weighted by atomic mass is 16.7. The van der Waals surface area contributed by atoms with E-state index in [9.17, 15) is 4.79 Å². The van der Waals surface area contributed by atoms with Crippen molar-refractivity contribution in [2.24, 2.45) is 17.8 Å². The fourth-order valence-electron chi connectivity index (χ4n) is 5.71. The monoisotopic (exact) mass is 371 g/mol. The van der Waals surface area contributed by atoms with Crippen molar-refractivity contribution in [2.75, 3.05) is 6.61 Å². The number of rotatable bonds is 6. The van der Waals surface area contributed by atoms with Gasteiger partial charge in [0, 0.05) is 17.9 Å². The first-order valence-electron chi connectivity index (χ1n) is 10.9. The molecule has 2 bridgehead atoms. The maximum Gasteiger partial charge on any atom is 0.326 e. The van der Waals surface area contributed by atoms with E-state index < -0.39 is 0 Å². The summed E-state index contributed by atoms with van der Waals surface area (Å²) in [5.74, 6) is 1.25. The van der Waals surface area contributed by atoms with Crippen LogP contribution in [0.25, 0.3) is 0 Å². The fraction of sp³-hybridized carbons (Fsp3) is 0.696. The van der Waals surface area contributed by atoms with Gasteiger partial charge in [-0.25, -0.2) is 0 Å². The highest BCUT2D eigenvalue weighted by Gasteiger charge is 2.60. The van der Waals surface area contributed by atoms with Crippen molar-refractivity contribution in [1.82, 2.24) is 5.06 Å². The van der Waals surface area contributed by atoms with Gasteiger partial charge in [-0.3, -0.25) is 9.63 Å². The van der Waals surface area contributed by atoms with Gasteiger partial charge in [0.1, 0.15) is 6.04 Å². The van der Waals surface area contributed by atoms with Gasteiger partial charge in [0.2, 0.25) is 0 Å². The number of piperidine rings is 1. The molecule has 0 spiro atoms. The van der Waals surface area contributed by atoms with Crippen molar-refractivity contribution < 1.29 is 14.4 Å². The summed E-state index contributed by atoms with van der Waals surface area (Å²) >= 11 is 0. The van der Waals surface area contributed by atoms with E-state index in [4.69, 9.17) is 9.57 Å². The summed E-state index contributed by atoms with van der Waals surface area (Å²) in [7, 11) is 0. The normalized spacial score (nSPS) is 36.1. The molecule has 0 radical (unpaired) electrons. The molecular weight excluding hydrogens is 338 g/mol. The molecule has 4 heteroatoms. The SMILES string of the molecule is CCOC(=O)[C@H]1[C@H](C)[C@@H]2ON1[C@@H](C1CCCCC1)[C@@H]2CCc1ccccc1. The van der Waals surface area contributed by atoms with Crippen molar-refractivity contribution in [3.8, 4) is 0 Å². The van der Waals surface area contributed by atoms with Gasteiger partial charge in [0.15, 0.2) is 0 Å². The molecule has 4 rings (SSSR count). The number of hydrogen-bond acceptors (Lipinski definition) is 4. The van der Waals surface area contributed by atoms with Crippen molar-refractivity contribution in [2.45, 2.75) is 77.0 Å². The summed E-state index contributed by atoms with van der Waals surface area (Å²) in [6, 6.07) is 10.9. The van der Waals surface area contributed by atoms with Gasteiger partial charge < -0.3 is 4.74 Å². The Labute approximate surface area is 163 Å². The minimum atomic E-state index is -0.227. The molecule has 0 aromatic heterocycles. The number of hydroxylamine groups is 2. The van der Waals surface area contributed by atoms with Gasteiger partial charge in [-0.1, -0.05) is 56.5 Å². The number of esters is 1. The maximum atomic E-state index is 12.6. The summed E-state index contributed by atoms with van der Waals surface area (Å²) in [6.07, 6.45) is 8.86. The van der Waals surface area contributed by atoms with Gasteiger partial charge in [0.25, 0.3) is 0 Å². The van der Waals surface area contributed by atoms with Crippen molar-refractivity contribution in [1.29, 1.82) is 0 Å². The second kappa shape index (κ2) is 8.32. The third kappa shape index (κ3) is 3.66. The molecule has 1 saturated carbocycles. The molecule has 2 aliphatic heterocycles.